The van der Waals surface area contributed by atoms with E-state index < -0.39 is 10.1 Å². The van der Waals surface area contributed by atoms with Crippen LogP contribution in [0.1, 0.15) is 13.3 Å². The van der Waals surface area contributed by atoms with E-state index in [0.29, 0.717) is 6.42 Å². The maximum absolute atomic E-state index is 12.1. The van der Waals surface area contributed by atoms with Gasteiger partial charge >= 0.3 is 10.1 Å². The molecule has 3 rings (SSSR count). The van der Waals surface area contributed by atoms with E-state index in [1.165, 1.54) is 4.73 Å². The fourth-order valence-corrected chi connectivity index (χ4v) is 4.36. The first-order valence-corrected chi connectivity index (χ1v) is 10.5. The Labute approximate surface area is 156 Å². The van der Waals surface area contributed by atoms with Gasteiger partial charge in [0, 0.05) is 17.9 Å². The molecule has 0 radical (unpaired) electrons. The van der Waals surface area contributed by atoms with Crippen LogP contribution in [0.4, 0.5) is 0 Å². The lowest BCUT2D eigenvalue weighted by Gasteiger charge is -2.09. The summed E-state index contributed by atoms with van der Waals surface area (Å²) in [5.74, 6) is 0.00288. The van der Waals surface area contributed by atoms with Gasteiger partial charge in [-0.1, -0.05) is 6.92 Å². The predicted octanol–water partition coefficient (Wildman–Crippen LogP) is 4.17. The number of hydrogen-bond donors (Lipinski definition) is 0. The Morgan fingerprint density at radius 1 is 1.00 bits per heavy atom. The highest BCUT2D eigenvalue weighted by molar-refractivity contribution is 14.1. The molecule has 22 heavy (non-hydrogen) atoms. The Kier molecular flexibility index (Phi) is 4.56. The van der Waals surface area contributed by atoms with Gasteiger partial charge in [-0.3, -0.25) is 4.28 Å². The molecule has 4 nitrogen and oxygen atoms in total. The summed E-state index contributed by atoms with van der Waals surface area (Å²) in [4.78, 5) is 0. The molecular weight excluding hydrogens is 528 g/mol. The van der Waals surface area contributed by atoms with Crippen LogP contribution in [0.3, 0.4) is 0 Å². The Morgan fingerprint density at radius 2 is 1.50 bits per heavy atom. The molecule has 0 aliphatic rings. The van der Waals surface area contributed by atoms with Crippen molar-refractivity contribution in [1.29, 1.82) is 0 Å². The molecule has 0 aliphatic heterocycles. The summed E-state index contributed by atoms with van der Waals surface area (Å²) in [5, 5.41) is 1.99. The number of hydrogen-bond acceptors (Lipinski definition) is 3. The van der Waals surface area contributed by atoms with Crippen molar-refractivity contribution in [2.75, 3.05) is 5.75 Å². The molecule has 0 N–H and O–H groups in total. The van der Waals surface area contributed by atoms with Crippen molar-refractivity contribution < 1.29 is 12.7 Å². The molecular formula is C15H13I2NO3S. The number of halogens is 2. The summed E-state index contributed by atoms with van der Waals surface area (Å²) in [7, 11) is -3.60. The van der Waals surface area contributed by atoms with E-state index >= 15 is 0 Å². The van der Waals surface area contributed by atoms with E-state index in [2.05, 4.69) is 45.2 Å². The van der Waals surface area contributed by atoms with Crippen LogP contribution in [0.5, 0.6) is 0 Å². The maximum atomic E-state index is 12.1. The van der Waals surface area contributed by atoms with Crippen LogP contribution in [0.25, 0.3) is 21.8 Å². The molecule has 3 aromatic rings. The fourth-order valence-electron chi connectivity index (χ4n) is 2.41. The van der Waals surface area contributed by atoms with E-state index in [1.807, 2.05) is 43.3 Å². The van der Waals surface area contributed by atoms with Crippen LogP contribution in [0, 0.1) is 7.14 Å². The lowest BCUT2D eigenvalue weighted by Crippen LogP contribution is -2.22. The van der Waals surface area contributed by atoms with Crippen LogP contribution >= 0.6 is 45.2 Å². The zero-order chi connectivity index (χ0) is 15.9. The molecule has 0 aliphatic carbocycles. The average Bonchev–Trinajstić information content (AvgIpc) is 2.71. The van der Waals surface area contributed by atoms with E-state index in [-0.39, 0.29) is 5.75 Å². The number of nitrogens with zero attached hydrogens (tertiary/aromatic N) is 1. The minimum absolute atomic E-state index is 0.00288. The van der Waals surface area contributed by atoms with Gasteiger partial charge in [-0.05, 0) is 88.0 Å². The molecule has 0 spiro atoms. The van der Waals surface area contributed by atoms with Gasteiger partial charge in [-0.25, -0.2) is 0 Å². The monoisotopic (exact) mass is 541 g/mol. The Bertz CT molecular complexity index is 904. The van der Waals surface area contributed by atoms with Gasteiger partial charge in [-0.2, -0.15) is 13.1 Å². The second-order valence-corrected chi connectivity index (χ2v) is 9.12. The molecule has 0 bridgehead atoms. The fraction of sp³-hybridized carbons (Fsp3) is 0.200. The smallest absolute Gasteiger partial charge is 0.287 e. The molecule has 0 saturated carbocycles. The first-order valence-electron chi connectivity index (χ1n) is 6.73. The summed E-state index contributed by atoms with van der Waals surface area (Å²) >= 11 is 4.50. The lowest BCUT2D eigenvalue weighted by molar-refractivity contribution is 0.305. The second-order valence-electron chi connectivity index (χ2n) is 4.95. The summed E-state index contributed by atoms with van der Waals surface area (Å²) in [5.41, 5.74) is 1.52. The molecule has 0 unspecified atom stereocenters. The van der Waals surface area contributed by atoms with Crippen molar-refractivity contribution in [1.82, 2.24) is 4.73 Å². The van der Waals surface area contributed by atoms with Crippen molar-refractivity contribution in [3.63, 3.8) is 0 Å². The van der Waals surface area contributed by atoms with Gasteiger partial charge in [0.15, 0.2) is 0 Å². The molecule has 2 aromatic carbocycles. The standard InChI is InChI=1S/C15H13I2NO3S/c1-2-7-22(19,20)21-18-14-5-3-10(16)8-12(14)13-9-11(17)4-6-15(13)18/h3-6,8-9H,2,7H2,1H3. The molecule has 1 aromatic heterocycles. The van der Waals surface area contributed by atoms with Gasteiger partial charge in [0.1, 0.15) is 0 Å². The Hall–Kier alpha value is -0.550. The minimum Gasteiger partial charge on any atom is -0.287 e. The third-order valence-electron chi connectivity index (χ3n) is 3.29. The van der Waals surface area contributed by atoms with Crippen LogP contribution in [-0.4, -0.2) is 18.9 Å². The highest BCUT2D eigenvalue weighted by Crippen LogP contribution is 2.31. The second kappa shape index (κ2) is 6.16. The predicted molar refractivity (Wildman–Crippen MR) is 106 cm³/mol. The quantitative estimate of drug-likeness (QED) is 0.467. The molecule has 0 atom stereocenters. The maximum Gasteiger partial charge on any atom is 0.327 e. The van der Waals surface area contributed by atoms with Gasteiger partial charge in [0.2, 0.25) is 0 Å². The zero-order valence-electron chi connectivity index (χ0n) is 11.7. The third kappa shape index (κ3) is 3.07. The van der Waals surface area contributed by atoms with Crippen LogP contribution < -0.4 is 4.28 Å². The molecule has 116 valence electrons. The molecule has 0 fully saturated rings. The number of benzene rings is 2. The number of aromatic nitrogens is 1. The topological polar surface area (TPSA) is 48.3 Å². The summed E-state index contributed by atoms with van der Waals surface area (Å²) in [6.45, 7) is 1.82. The average molecular weight is 541 g/mol. The van der Waals surface area contributed by atoms with Gasteiger partial charge in [-0.15, -0.1) is 0 Å². The van der Waals surface area contributed by atoms with E-state index in [4.69, 9.17) is 4.28 Å². The molecule has 0 amide bonds. The Morgan fingerprint density at radius 3 is 1.95 bits per heavy atom. The van der Waals surface area contributed by atoms with Gasteiger partial charge in [0.05, 0.1) is 16.8 Å². The summed E-state index contributed by atoms with van der Waals surface area (Å²) < 4.78 is 33.1. The van der Waals surface area contributed by atoms with E-state index in [9.17, 15) is 8.42 Å². The van der Waals surface area contributed by atoms with Crippen molar-refractivity contribution in [3.8, 4) is 0 Å². The van der Waals surface area contributed by atoms with Crippen molar-refractivity contribution in [2.24, 2.45) is 0 Å². The largest absolute Gasteiger partial charge is 0.327 e. The summed E-state index contributed by atoms with van der Waals surface area (Å²) in [6, 6.07) is 11.8. The normalized spacial score (nSPS) is 12.1. The van der Waals surface area contributed by atoms with Gasteiger partial charge < -0.3 is 0 Å². The van der Waals surface area contributed by atoms with Crippen molar-refractivity contribution >= 4 is 77.1 Å². The van der Waals surface area contributed by atoms with Crippen LogP contribution in [-0.2, 0) is 10.1 Å². The zero-order valence-corrected chi connectivity index (χ0v) is 16.8. The van der Waals surface area contributed by atoms with Crippen molar-refractivity contribution in [3.05, 3.63) is 43.5 Å². The summed E-state index contributed by atoms with van der Waals surface area (Å²) in [6.07, 6.45) is 0.523. The highest BCUT2D eigenvalue weighted by Gasteiger charge is 2.18. The Balaban J connectivity index is 2.31. The lowest BCUT2D eigenvalue weighted by atomic mass is 10.2. The highest BCUT2D eigenvalue weighted by atomic mass is 127. The molecule has 1 heterocycles. The van der Waals surface area contributed by atoms with E-state index in [1.54, 1.807) is 0 Å². The third-order valence-corrected chi connectivity index (χ3v) is 5.91. The van der Waals surface area contributed by atoms with Gasteiger partial charge in [0.25, 0.3) is 0 Å². The molecule has 7 heteroatoms. The van der Waals surface area contributed by atoms with Crippen LogP contribution in [0.2, 0.25) is 0 Å². The first-order chi connectivity index (χ1) is 10.4. The number of fused-ring (bicyclic) bond motifs is 3. The molecule has 0 saturated heterocycles. The number of rotatable bonds is 4. The first kappa shape index (κ1) is 16.3. The van der Waals surface area contributed by atoms with Crippen molar-refractivity contribution in [2.45, 2.75) is 13.3 Å². The SMILES string of the molecule is CCCS(=O)(=O)On1c2ccc(I)cc2c2cc(I)ccc21. The van der Waals surface area contributed by atoms with Crippen LogP contribution in [0.15, 0.2) is 36.4 Å². The van der Waals surface area contributed by atoms with E-state index in [0.717, 1.165) is 28.9 Å². The minimum atomic E-state index is -3.60.